The number of nitrogens with zero attached hydrogens (tertiary/aromatic N) is 3. The summed E-state index contributed by atoms with van der Waals surface area (Å²) < 4.78 is 0. The molecular weight excluding hydrogens is 540 g/mol. The third kappa shape index (κ3) is 17.5. The molecule has 1 aromatic carbocycles. The molecule has 0 radical (unpaired) electrons. The summed E-state index contributed by atoms with van der Waals surface area (Å²) in [4.78, 5) is 17.1. The lowest BCUT2D eigenvalue weighted by atomic mass is 9.95. The normalized spacial score (nSPS) is 13.7. The predicted molar refractivity (Wildman–Crippen MR) is 191 cm³/mol. The van der Waals surface area contributed by atoms with Gasteiger partial charge >= 0.3 is 0 Å². The Kier molecular flexibility index (Phi) is 21.9. The fraction of sp³-hybridized carbons (Fsp3) is 0.538. The summed E-state index contributed by atoms with van der Waals surface area (Å²) >= 11 is 0. The number of nitrogens with one attached hydrogen (secondary N) is 1. The van der Waals surface area contributed by atoms with Crippen molar-refractivity contribution in [1.82, 2.24) is 20.0 Å². The average Bonchev–Trinajstić information content (AvgIpc) is 3.46. The van der Waals surface area contributed by atoms with Gasteiger partial charge in [-0.2, -0.15) is 5.10 Å². The maximum Gasteiger partial charge on any atom is 0.249 e. The van der Waals surface area contributed by atoms with Gasteiger partial charge in [0.25, 0.3) is 0 Å². The van der Waals surface area contributed by atoms with E-state index in [9.17, 15) is 4.79 Å². The topological polar surface area (TPSA) is 52.2 Å². The van der Waals surface area contributed by atoms with Crippen molar-refractivity contribution in [3.63, 3.8) is 0 Å². The van der Waals surface area contributed by atoms with Crippen molar-refractivity contribution in [2.24, 2.45) is 11.8 Å². The van der Waals surface area contributed by atoms with Crippen molar-refractivity contribution in [3.05, 3.63) is 70.6 Å². The monoisotopic (exact) mass is 600 g/mol. The number of carbonyl (C=O) groups is 1. The fourth-order valence-electron chi connectivity index (χ4n) is 4.48. The molecule has 0 spiro atoms. The fourth-order valence-corrected chi connectivity index (χ4v) is 4.48. The van der Waals surface area contributed by atoms with Gasteiger partial charge < -0.3 is 9.80 Å². The van der Waals surface area contributed by atoms with Crippen LogP contribution in [0.1, 0.15) is 98.0 Å². The number of hydrogen-bond donors (Lipinski definition) is 1. The first kappa shape index (κ1) is 40.5. The molecule has 1 amide bonds. The highest BCUT2D eigenvalue weighted by Crippen LogP contribution is 2.25. The summed E-state index contributed by atoms with van der Waals surface area (Å²) in [6.07, 6.45) is 15.3. The van der Waals surface area contributed by atoms with Gasteiger partial charge in [-0.15, -0.1) is 24.7 Å². The van der Waals surface area contributed by atoms with Gasteiger partial charge in [-0.25, -0.2) is 0 Å². The number of aromatic nitrogens is 2. The smallest absolute Gasteiger partial charge is 0.249 e. The first-order valence-electron chi connectivity index (χ1n) is 16.2. The highest BCUT2D eigenvalue weighted by molar-refractivity contribution is 5.94. The summed E-state index contributed by atoms with van der Waals surface area (Å²) in [5.74, 6) is 7.30. The van der Waals surface area contributed by atoms with Gasteiger partial charge in [0, 0.05) is 50.3 Å². The Bertz CT molecular complexity index is 1200. The summed E-state index contributed by atoms with van der Waals surface area (Å²) in [5.41, 5.74) is 6.66. The minimum Gasteiger partial charge on any atom is -0.336 e. The number of carbonyl (C=O) groups excluding carboxylic acids is 1. The van der Waals surface area contributed by atoms with Crippen molar-refractivity contribution in [2.45, 2.75) is 94.4 Å². The standard InChI is InChI=1S/C23H38N4O.C7H8.C7H12.C2H2/c1-16(2)12-20(19(6)22-15-21(24-25-22)13-17(3)4)14-18(5)23(28)27-10-8-26(7)9-11-27;1-7-5-3-2-4-6-7;1-3-5-7-6-4-2;1-2/h14-17H,8-13H2,1-7H3,(H,24,25);2-6H,1H3;3-5H2,1-2H3;1-2H/b18-14+,20-19+;;;. The lowest BCUT2D eigenvalue weighted by molar-refractivity contribution is -0.128. The van der Waals surface area contributed by atoms with E-state index >= 15 is 0 Å². The van der Waals surface area contributed by atoms with Crippen LogP contribution in [0.4, 0.5) is 0 Å². The molecule has 44 heavy (non-hydrogen) atoms. The van der Waals surface area contributed by atoms with E-state index in [1.54, 1.807) is 0 Å². The number of unbranched alkanes of at least 4 members (excludes halogenated alkanes) is 1. The van der Waals surface area contributed by atoms with Gasteiger partial charge in [-0.05, 0) is 76.1 Å². The number of rotatable bonds is 8. The second-order valence-corrected chi connectivity index (χ2v) is 12.2. The number of H-pyrrole nitrogens is 1. The van der Waals surface area contributed by atoms with Crippen LogP contribution in [-0.2, 0) is 11.2 Å². The van der Waals surface area contributed by atoms with Gasteiger partial charge in [0.05, 0.1) is 5.69 Å². The summed E-state index contributed by atoms with van der Waals surface area (Å²) in [7, 11) is 2.11. The number of amides is 1. The Hall–Kier alpha value is -3.54. The summed E-state index contributed by atoms with van der Waals surface area (Å²) in [6, 6.07) is 12.4. The van der Waals surface area contributed by atoms with Gasteiger partial charge in [0.15, 0.2) is 0 Å². The molecule has 0 unspecified atom stereocenters. The maximum absolute atomic E-state index is 12.9. The van der Waals surface area contributed by atoms with Crippen molar-refractivity contribution in [1.29, 1.82) is 0 Å². The van der Waals surface area contributed by atoms with E-state index in [-0.39, 0.29) is 5.91 Å². The lowest BCUT2D eigenvalue weighted by Crippen LogP contribution is -2.47. The van der Waals surface area contributed by atoms with Gasteiger partial charge in [-0.3, -0.25) is 9.89 Å². The Labute approximate surface area is 270 Å². The Balaban J connectivity index is 0.000000941. The lowest BCUT2D eigenvalue weighted by Gasteiger charge is -2.32. The van der Waals surface area contributed by atoms with Crippen LogP contribution < -0.4 is 0 Å². The van der Waals surface area contributed by atoms with E-state index < -0.39 is 0 Å². The average molecular weight is 601 g/mol. The Morgan fingerprint density at radius 1 is 1.00 bits per heavy atom. The van der Waals surface area contributed by atoms with Crippen molar-refractivity contribution in [2.75, 3.05) is 33.2 Å². The molecule has 2 aromatic rings. The first-order valence-corrected chi connectivity index (χ1v) is 16.2. The van der Waals surface area contributed by atoms with E-state index in [0.29, 0.717) is 11.8 Å². The number of terminal acetylenes is 1. The van der Waals surface area contributed by atoms with Crippen LogP contribution in [0.15, 0.2) is 53.6 Å². The molecule has 1 aromatic heterocycles. The van der Waals surface area contributed by atoms with Gasteiger partial charge in [0.1, 0.15) is 0 Å². The SMILES string of the molecule is C#C.C/C(=C\C(CC(C)C)=C(/C)c1cc(CC(C)C)[nH]n1)C(=O)N1CCN(C)CC1.CCC#CCCC.Cc1ccccc1. The molecule has 0 saturated carbocycles. The minimum atomic E-state index is 0.157. The third-order valence-corrected chi connectivity index (χ3v) is 6.89. The quantitative estimate of drug-likeness (QED) is 0.188. The highest BCUT2D eigenvalue weighted by atomic mass is 16.2. The molecule has 1 saturated heterocycles. The third-order valence-electron chi connectivity index (χ3n) is 6.89. The molecule has 1 fully saturated rings. The van der Waals surface area contributed by atoms with Gasteiger partial charge in [0.2, 0.25) is 5.91 Å². The van der Waals surface area contributed by atoms with Crippen molar-refractivity contribution < 1.29 is 4.79 Å². The van der Waals surface area contributed by atoms with E-state index in [0.717, 1.165) is 68.7 Å². The van der Waals surface area contributed by atoms with Gasteiger partial charge in [-0.1, -0.05) is 83.5 Å². The predicted octanol–water partition coefficient (Wildman–Crippen LogP) is 8.59. The van der Waals surface area contributed by atoms with E-state index in [2.05, 4.69) is 126 Å². The van der Waals surface area contributed by atoms with Crippen molar-refractivity contribution >= 4 is 11.5 Å². The Morgan fingerprint density at radius 2 is 1.61 bits per heavy atom. The number of likely N-dealkylation sites (N-methyl/N-ethyl adjacent to an activating group) is 1. The number of hydrogen-bond acceptors (Lipinski definition) is 3. The van der Waals surface area contributed by atoms with Crippen LogP contribution in [0, 0.1) is 43.4 Å². The molecule has 1 aliphatic rings. The molecule has 2 heterocycles. The number of piperazine rings is 1. The minimum absolute atomic E-state index is 0.157. The van der Waals surface area contributed by atoms with E-state index in [1.807, 2.05) is 30.0 Å². The first-order chi connectivity index (χ1) is 21.0. The maximum atomic E-state index is 12.9. The number of aryl methyl sites for hydroxylation is 1. The molecule has 3 rings (SSSR count). The zero-order valence-corrected chi connectivity index (χ0v) is 29.5. The highest BCUT2D eigenvalue weighted by Gasteiger charge is 2.20. The Morgan fingerprint density at radius 3 is 2.09 bits per heavy atom. The number of allylic oxidation sites excluding steroid dienone is 3. The molecule has 0 atom stereocenters. The molecule has 242 valence electrons. The number of aromatic amines is 1. The van der Waals surface area contributed by atoms with Crippen LogP contribution in [-0.4, -0.2) is 59.1 Å². The molecule has 1 aliphatic heterocycles. The largest absolute Gasteiger partial charge is 0.336 e. The molecule has 0 bridgehead atoms. The molecule has 5 nitrogen and oxygen atoms in total. The van der Waals surface area contributed by atoms with E-state index in [4.69, 9.17) is 0 Å². The zero-order valence-electron chi connectivity index (χ0n) is 29.5. The van der Waals surface area contributed by atoms with Crippen LogP contribution in [0.3, 0.4) is 0 Å². The molecule has 1 N–H and O–H groups in total. The van der Waals surface area contributed by atoms with Crippen LogP contribution >= 0.6 is 0 Å². The second kappa shape index (κ2) is 23.9. The van der Waals surface area contributed by atoms with E-state index in [1.165, 1.54) is 23.3 Å². The summed E-state index contributed by atoms with van der Waals surface area (Å²) in [5, 5.41) is 7.71. The van der Waals surface area contributed by atoms with Crippen LogP contribution in [0.5, 0.6) is 0 Å². The zero-order chi connectivity index (χ0) is 33.5. The summed E-state index contributed by atoms with van der Waals surface area (Å²) in [6.45, 7) is 22.7. The van der Waals surface area contributed by atoms with Crippen molar-refractivity contribution in [3.8, 4) is 24.7 Å². The molecule has 5 heteroatoms. The number of benzene rings is 1. The van der Waals surface area contributed by atoms with Crippen LogP contribution in [0.2, 0.25) is 0 Å². The molecule has 0 aliphatic carbocycles. The molecular formula is C39H60N4O. The van der Waals surface area contributed by atoms with Crippen LogP contribution in [0.25, 0.3) is 5.57 Å². The second-order valence-electron chi connectivity index (χ2n) is 12.2.